The number of H-pyrrole nitrogens is 1. The van der Waals surface area contributed by atoms with Gasteiger partial charge in [0.2, 0.25) is 10.0 Å². The molecule has 0 unspecified atom stereocenters. The highest BCUT2D eigenvalue weighted by molar-refractivity contribution is 7.89. The number of non-ortho nitro benzene ring substituents is 1. The van der Waals surface area contributed by atoms with Gasteiger partial charge in [-0.15, -0.1) is 10.2 Å². The second-order valence-electron chi connectivity index (χ2n) is 3.63. The monoisotopic (exact) mass is 299 g/mol. The summed E-state index contributed by atoms with van der Waals surface area (Å²) >= 11 is 0. The summed E-state index contributed by atoms with van der Waals surface area (Å²) in [5, 5.41) is 23.2. The van der Waals surface area contributed by atoms with Crippen molar-refractivity contribution in [3.8, 4) is 0 Å². The van der Waals surface area contributed by atoms with Gasteiger partial charge < -0.3 is 5.73 Å². The van der Waals surface area contributed by atoms with Crippen molar-refractivity contribution in [2.75, 3.05) is 5.73 Å². The quantitative estimate of drug-likeness (QED) is 0.364. The molecule has 0 radical (unpaired) electrons. The number of aromatic nitrogens is 4. The van der Waals surface area contributed by atoms with E-state index in [9.17, 15) is 18.5 Å². The van der Waals surface area contributed by atoms with E-state index in [-0.39, 0.29) is 28.6 Å². The molecular formula is C8H9N7O4S. The number of hydrogen-bond donors (Lipinski definition) is 3. The van der Waals surface area contributed by atoms with Gasteiger partial charge in [0, 0.05) is 12.1 Å². The summed E-state index contributed by atoms with van der Waals surface area (Å²) in [6.45, 7) is -0.221. The number of tetrazole rings is 1. The standard InChI is InChI=1S/C8H9N7O4S/c9-6-2-1-5(15(16)17)3-7(6)20(18,19)10-4-8-11-13-14-12-8/h1-3,10H,4,9H2,(H,11,12,13,14). The zero-order chi connectivity index (χ0) is 14.8. The third-order valence-electron chi connectivity index (χ3n) is 2.31. The Morgan fingerprint density at radius 2 is 2.20 bits per heavy atom. The second kappa shape index (κ2) is 5.18. The van der Waals surface area contributed by atoms with Crippen LogP contribution >= 0.6 is 0 Å². The van der Waals surface area contributed by atoms with E-state index in [1.807, 2.05) is 0 Å². The van der Waals surface area contributed by atoms with E-state index >= 15 is 0 Å². The van der Waals surface area contributed by atoms with Crippen LogP contribution in [0.3, 0.4) is 0 Å². The number of benzene rings is 1. The average Bonchev–Trinajstić information content (AvgIpc) is 2.89. The van der Waals surface area contributed by atoms with Crippen molar-refractivity contribution in [3.63, 3.8) is 0 Å². The largest absolute Gasteiger partial charge is 0.398 e. The van der Waals surface area contributed by atoms with E-state index < -0.39 is 14.9 Å². The highest BCUT2D eigenvalue weighted by atomic mass is 32.2. The van der Waals surface area contributed by atoms with Crippen molar-refractivity contribution >= 4 is 21.4 Å². The molecule has 106 valence electrons. The number of anilines is 1. The first kappa shape index (κ1) is 13.8. The van der Waals surface area contributed by atoms with Crippen molar-refractivity contribution in [2.45, 2.75) is 11.4 Å². The van der Waals surface area contributed by atoms with Gasteiger partial charge in [-0.1, -0.05) is 5.21 Å². The van der Waals surface area contributed by atoms with Crippen LogP contribution in [0.1, 0.15) is 5.82 Å². The number of nitro groups is 1. The molecular weight excluding hydrogens is 290 g/mol. The fourth-order valence-electron chi connectivity index (χ4n) is 1.36. The lowest BCUT2D eigenvalue weighted by molar-refractivity contribution is -0.385. The van der Waals surface area contributed by atoms with Gasteiger partial charge >= 0.3 is 0 Å². The molecule has 11 nitrogen and oxygen atoms in total. The van der Waals surface area contributed by atoms with Gasteiger partial charge in [-0.3, -0.25) is 10.1 Å². The van der Waals surface area contributed by atoms with Crippen LogP contribution in [0.15, 0.2) is 23.1 Å². The fraction of sp³-hybridized carbons (Fsp3) is 0.125. The maximum atomic E-state index is 12.0. The van der Waals surface area contributed by atoms with Crippen molar-refractivity contribution < 1.29 is 13.3 Å². The number of sulfonamides is 1. The molecule has 1 heterocycles. The molecule has 0 aliphatic carbocycles. The van der Waals surface area contributed by atoms with Gasteiger partial charge in [0.1, 0.15) is 4.90 Å². The number of nitro benzene ring substituents is 1. The predicted molar refractivity (Wildman–Crippen MR) is 65.7 cm³/mol. The Hall–Kier alpha value is -2.60. The Bertz CT molecular complexity index is 727. The molecule has 0 bridgehead atoms. The maximum absolute atomic E-state index is 12.0. The zero-order valence-electron chi connectivity index (χ0n) is 9.85. The number of nitrogens with two attached hydrogens (primary N) is 1. The lowest BCUT2D eigenvalue weighted by Gasteiger charge is -2.07. The summed E-state index contributed by atoms with van der Waals surface area (Å²) in [5.41, 5.74) is 5.06. The summed E-state index contributed by atoms with van der Waals surface area (Å²) < 4.78 is 26.2. The number of nitrogen functional groups attached to an aromatic ring is 1. The first-order valence-electron chi connectivity index (χ1n) is 5.16. The van der Waals surface area contributed by atoms with Crippen molar-refractivity contribution in [1.82, 2.24) is 25.3 Å². The Kier molecular flexibility index (Phi) is 3.58. The average molecular weight is 299 g/mol. The molecule has 20 heavy (non-hydrogen) atoms. The van der Waals surface area contributed by atoms with Crippen LogP contribution in [0.5, 0.6) is 0 Å². The van der Waals surface area contributed by atoms with E-state index in [4.69, 9.17) is 5.73 Å². The molecule has 0 fully saturated rings. The topological polar surface area (TPSA) is 170 Å². The van der Waals surface area contributed by atoms with Gasteiger partial charge in [0.05, 0.1) is 17.2 Å². The summed E-state index contributed by atoms with van der Waals surface area (Å²) in [6.07, 6.45) is 0. The van der Waals surface area contributed by atoms with E-state index in [0.717, 1.165) is 18.2 Å². The number of rotatable bonds is 5. The Labute approximate surface area is 112 Å². The lowest BCUT2D eigenvalue weighted by Crippen LogP contribution is -2.24. The van der Waals surface area contributed by atoms with Crippen LogP contribution in [0.4, 0.5) is 11.4 Å². The van der Waals surface area contributed by atoms with Crippen LogP contribution in [-0.2, 0) is 16.6 Å². The SMILES string of the molecule is Nc1ccc([N+](=O)[O-])cc1S(=O)(=O)NCc1nn[nH]n1. The molecule has 0 saturated heterocycles. The van der Waals surface area contributed by atoms with Crippen molar-refractivity contribution in [3.05, 3.63) is 34.1 Å². The predicted octanol–water partition coefficient (Wildman–Crippen LogP) is -0.831. The molecule has 2 aromatic rings. The molecule has 0 atom stereocenters. The molecule has 0 saturated carbocycles. The minimum Gasteiger partial charge on any atom is -0.398 e. The molecule has 4 N–H and O–H groups in total. The van der Waals surface area contributed by atoms with Crippen molar-refractivity contribution in [2.24, 2.45) is 0 Å². The summed E-state index contributed by atoms with van der Waals surface area (Å²) in [4.78, 5) is 9.56. The second-order valence-corrected chi connectivity index (χ2v) is 5.37. The Morgan fingerprint density at radius 1 is 1.45 bits per heavy atom. The number of hydrogen-bond acceptors (Lipinski definition) is 8. The van der Waals surface area contributed by atoms with Crippen LogP contribution < -0.4 is 10.5 Å². The molecule has 1 aromatic heterocycles. The fourth-order valence-corrected chi connectivity index (χ4v) is 2.49. The normalized spacial score (nSPS) is 11.4. The summed E-state index contributed by atoms with van der Waals surface area (Å²) in [6, 6.07) is 3.16. The van der Waals surface area contributed by atoms with Gasteiger partial charge in [-0.25, -0.2) is 13.1 Å². The zero-order valence-corrected chi connectivity index (χ0v) is 10.7. The molecule has 0 aliphatic rings. The molecule has 0 amide bonds. The molecule has 12 heteroatoms. The van der Waals surface area contributed by atoms with Crippen LogP contribution in [0, 0.1) is 10.1 Å². The smallest absolute Gasteiger partial charge is 0.270 e. The summed E-state index contributed by atoms with van der Waals surface area (Å²) in [7, 11) is -4.02. The third kappa shape index (κ3) is 2.86. The maximum Gasteiger partial charge on any atom is 0.270 e. The van der Waals surface area contributed by atoms with Crippen molar-refractivity contribution in [1.29, 1.82) is 0 Å². The van der Waals surface area contributed by atoms with Crippen LogP contribution in [0.2, 0.25) is 0 Å². The first-order valence-corrected chi connectivity index (χ1v) is 6.64. The van der Waals surface area contributed by atoms with Gasteiger partial charge in [-0.05, 0) is 6.07 Å². The lowest BCUT2D eigenvalue weighted by atomic mass is 10.3. The van der Waals surface area contributed by atoms with E-state index in [0.29, 0.717) is 0 Å². The minimum atomic E-state index is -4.02. The number of aromatic amines is 1. The highest BCUT2D eigenvalue weighted by Crippen LogP contribution is 2.23. The first-order chi connectivity index (χ1) is 9.40. The van der Waals surface area contributed by atoms with E-state index in [2.05, 4.69) is 25.3 Å². The van der Waals surface area contributed by atoms with E-state index in [1.54, 1.807) is 0 Å². The highest BCUT2D eigenvalue weighted by Gasteiger charge is 2.21. The minimum absolute atomic E-state index is 0.101. The molecule has 1 aromatic carbocycles. The van der Waals surface area contributed by atoms with Crippen LogP contribution in [0.25, 0.3) is 0 Å². The Balaban J connectivity index is 2.28. The summed E-state index contributed by atoms with van der Waals surface area (Å²) in [5.74, 6) is 0.123. The molecule has 0 aliphatic heterocycles. The molecule has 0 spiro atoms. The van der Waals surface area contributed by atoms with Gasteiger partial charge in [-0.2, -0.15) is 5.21 Å². The number of nitrogens with zero attached hydrogens (tertiary/aromatic N) is 4. The van der Waals surface area contributed by atoms with Gasteiger partial charge in [0.15, 0.2) is 5.82 Å². The Morgan fingerprint density at radius 3 is 2.80 bits per heavy atom. The molecule has 2 rings (SSSR count). The number of nitrogens with one attached hydrogen (secondary N) is 2. The third-order valence-corrected chi connectivity index (χ3v) is 3.76. The van der Waals surface area contributed by atoms with E-state index in [1.165, 1.54) is 0 Å². The van der Waals surface area contributed by atoms with Crippen LogP contribution in [-0.4, -0.2) is 34.0 Å². The van der Waals surface area contributed by atoms with Gasteiger partial charge in [0.25, 0.3) is 5.69 Å².